The molecule has 5 rings (SSSR count). The molecule has 146 valence electrons. The van der Waals surface area contributed by atoms with Crippen molar-refractivity contribution in [2.75, 3.05) is 23.3 Å². The molecule has 4 heteroatoms. The second-order valence-corrected chi connectivity index (χ2v) is 7.91. The first kappa shape index (κ1) is 17.9. The van der Waals surface area contributed by atoms with Crippen molar-refractivity contribution in [3.8, 4) is 0 Å². The van der Waals surface area contributed by atoms with Crippen molar-refractivity contribution in [3.05, 3.63) is 72.3 Å². The zero-order chi connectivity index (χ0) is 19.6. The van der Waals surface area contributed by atoms with Gasteiger partial charge in [0.1, 0.15) is 5.82 Å². The van der Waals surface area contributed by atoms with Crippen molar-refractivity contribution >= 4 is 33.4 Å². The quantitative estimate of drug-likeness (QED) is 0.474. The Morgan fingerprint density at radius 1 is 0.828 bits per heavy atom. The Morgan fingerprint density at radius 3 is 2.45 bits per heavy atom. The van der Waals surface area contributed by atoms with Crippen molar-refractivity contribution in [2.45, 2.75) is 32.2 Å². The van der Waals surface area contributed by atoms with E-state index in [1.807, 2.05) is 6.07 Å². The number of benzene rings is 3. The maximum absolute atomic E-state index is 4.96. The van der Waals surface area contributed by atoms with E-state index in [2.05, 4.69) is 77.8 Å². The summed E-state index contributed by atoms with van der Waals surface area (Å²) in [5.74, 6) is 1.76. The fraction of sp³-hybridized carbons (Fsp3) is 0.280. The number of fused-ring (bicyclic) bond motifs is 2. The van der Waals surface area contributed by atoms with Crippen LogP contribution in [0.3, 0.4) is 0 Å². The smallest absolute Gasteiger partial charge is 0.227 e. The molecule has 0 bridgehead atoms. The van der Waals surface area contributed by atoms with Crippen LogP contribution in [-0.2, 0) is 0 Å². The summed E-state index contributed by atoms with van der Waals surface area (Å²) in [7, 11) is 0. The second kappa shape index (κ2) is 7.70. The monoisotopic (exact) mass is 382 g/mol. The first-order valence-corrected chi connectivity index (χ1v) is 10.5. The number of nitrogens with zero attached hydrogens (tertiary/aromatic N) is 3. The van der Waals surface area contributed by atoms with Gasteiger partial charge in [-0.3, -0.25) is 0 Å². The normalized spacial score (nSPS) is 15.6. The van der Waals surface area contributed by atoms with E-state index in [0.717, 1.165) is 35.8 Å². The van der Waals surface area contributed by atoms with Gasteiger partial charge in [-0.15, -0.1) is 0 Å². The zero-order valence-corrected chi connectivity index (χ0v) is 16.8. The largest absolute Gasteiger partial charge is 0.363 e. The van der Waals surface area contributed by atoms with Crippen LogP contribution in [0, 0.1) is 0 Å². The first-order chi connectivity index (χ1) is 14.3. The average Bonchev–Trinajstić information content (AvgIpc) is 2.79. The third-order valence-corrected chi connectivity index (χ3v) is 5.86. The standard InChI is InChI=1S/C25H26N4/c1-18(20-14-13-19-9-3-4-10-21(19)17-20)26-24-22-11-5-6-12-23(22)27-25(28-24)29-15-7-2-8-16-29/h3-6,9-14,17-18H,2,7-8,15-16H2,1H3,(H,26,27,28). The zero-order valence-electron chi connectivity index (χ0n) is 16.8. The van der Waals surface area contributed by atoms with E-state index in [0.29, 0.717) is 0 Å². The van der Waals surface area contributed by atoms with E-state index >= 15 is 0 Å². The molecule has 1 atom stereocenters. The van der Waals surface area contributed by atoms with Gasteiger partial charge in [-0.2, -0.15) is 4.98 Å². The molecule has 1 aliphatic rings. The Bertz CT molecular complexity index is 1150. The van der Waals surface area contributed by atoms with Crippen LogP contribution >= 0.6 is 0 Å². The molecule has 0 amide bonds. The van der Waals surface area contributed by atoms with Crippen LogP contribution < -0.4 is 10.2 Å². The maximum Gasteiger partial charge on any atom is 0.227 e. The van der Waals surface area contributed by atoms with Crippen LogP contribution in [-0.4, -0.2) is 23.1 Å². The topological polar surface area (TPSA) is 41.1 Å². The molecule has 29 heavy (non-hydrogen) atoms. The van der Waals surface area contributed by atoms with Gasteiger partial charge in [0.25, 0.3) is 0 Å². The van der Waals surface area contributed by atoms with E-state index < -0.39 is 0 Å². The third kappa shape index (κ3) is 3.63. The maximum atomic E-state index is 4.96. The summed E-state index contributed by atoms with van der Waals surface area (Å²) in [5, 5.41) is 7.27. The highest BCUT2D eigenvalue weighted by atomic mass is 15.3. The molecule has 1 unspecified atom stereocenters. The van der Waals surface area contributed by atoms with Crippen LogP contribution in [0.1, 0.15) is 37.8 Å². The average molecular weight is 383 g/mol. The van der Waals surface area contributed by atoms with Gasteiger partial charge in [-0.05, 0) is 60.7 Å². The van der Waals surface area contributed by atoms with Crippen LogP contribution in [0.2, 0.25) is 0 Å². The lowest BCUT2D eigenvalue weighted by atomic mass is 10.0. The highest BCUT2D eigenvalue weighted by molar-refractivity contribution is 5.90. The Labute approximate surface area is 171 Å². The van der Waals surface area contributed by atoms with Gasteiger partial charge < -0.3 is 10.2 Å². The van der Waals surface area contributed by atoms with Crippen LogP contribution in [0.4, 0.5) is 11.8 Å². The molecule has 1 fully saturated rings. The number of anilines is 2. The molecule has 2 heterocycles. The summed E-state index contributed by atoms with van der Waals surface area (Å²) >= 11 is 0. The number of hydrogen-bond donors (Lipinski definition) is 1. The highest BCUT2D eigenvalue weighted by Crippen LogP contribution is 2.29. The Hall–Kier alpha value is -3.14. The number of nitrogens with one attached hydrogen (secondary N) is 1. The SMILES string of the molecule is CC(Nc1nc(N2CCCCC2)nc2ccccc12)c1ccc2ccccc2c1. The summed E-state index contributed by atoms with van der Waals surface area (Å²) < 4.78 is 0. The Balaban J connectivity index is 1.50. The van der Waals surface area contributed by atoms with Gasteiger partial charge >= 0.3 is 0 Å². The first-order valence-electron chi connectivity index (χ1n) is 10.5. The Morgan fingerprint density at radius 2 is 1.59 bits per heavy atom. The van der Waals surface area contributed by atoms with Crippen LogP contribution in [0.5, 0.6) is 0 Å². The molecule has 3 aromatic carbocycles. The van der Waals surface area contributed by atoms with Crippen molar-refractivity contribution < 1.29 is 0 Å². The molecule has 1 saturated heterocycles. The van der Waals surface area contributed by atoms with E-state index in [-0.39, 0.29) is 6.04 Å². The van der Waals surface area contributed by atoms with Crippen LogP contribution in [0.25, 0.3) is 21.7 Å². The van der Waals surface area contributed by atoms with Gasteiger partial charge in [-0.25, -0.2) is 4.98 Å². The lowest BCUT2D eigenvalue weighted by molar-refractivity contribution is 0.569. The number of para-hydroxylation sites is 1. The highest BCUT2D eigenvalue weighted by Gasteiger charge is 2.17. The number of rotatable bonds is 4. The lowest BCUT2D eigenvalue weighted by Gasteiger charge is -2.27. The molecule has 0 aliphatic carbocycles. The lowest BCUT2D eigenvalue weighted by Crippen LogP contribution is -2.31. The summed E-state index contributed by atoms with van der Waals surface area (Å²) in [6.45, 7) is 4.28. The molecule has 4 nitrogen and oxygen atoms in total. The van der Waals surface area contributed by atoms with Gasteiger partial charge in [0.15, 0.2) is 0 Å². The Kier molecular flexibility index (Phi) is 4.76. The molecule has 0 spiro atoms. The minimum absolute atomic E-state index is 0.145. The summed E-state index contributed by atoms with van der Waals surface area (Å²) in [6.07, 6.45) is 3.73. The van der Waals surface area contributed by atoms with Crippen molar-refractivity contribution in [2.24, 2.45) is 0 Å². The van der Waals surface area contributed by atoms with Crippen molar-refractivity contribution in [3.63, 3.8) is 0 Å². The molecular formula is C25H26N4. The molecule has 0 saturated carbocycles. The third-order valence-electron chi connectivity index (χ3n) is 5.86. The van der Waals surface area contributed by atoms with E-state index in [4.69, 9.17) is 9.97 Å². The summed E-state index contributed by atoms with van der Waals surface area (Å²) in [5.41, 5.74) is 2.25. The number of hydrogen-bond acceptors (Lipinski definition) is 4. The minimum Gasteiger partial charge on any atom is -0.363 e. The van der Waals surface area contributed by atoms with Gasteiger partial charge in [0.05, 0.1) is 5.52 Å². The number of piperidine rings is 1. The van der Waals surface area contributed by atoms with E-state index in [9.17, 15) is 0 Å². The second-order valence-electron chi connectivity index (χ2n) is 7.91. The summed E-state index contributed by atoms with van der Waals surface area (Å²) in [4.78, 5) is 12.1. The molecule has 4 aromatic rings. The fourth-order valence-electron chi connectivity index (χ4n) is 4.18. The van der Waals surface area contributed by atoms with E-state index in [1.165, 1.54) is 35.6 Å². The molecule has 1 aromatic heterocycles. The van der Waals surface area contributed by atoms with Crippen molar-refractivity contribution in [1.82, 2.24) is 9.97 Å². The molecular weight excluding hydrogens is 356 g/mol. The predicted octanol–water partition coefficient (Wildman–Crippen LogP) is 5.95. The summed E-state index contributed by atoms with van der Waals surface area (Å²) in [6, 6.07) is 23.6. The minimum atomic E-state index is 0.145. The van der Waals surface area contributed by atoms with Crippen LogP contribution in [0.15, 0.2) is 66.7 Å². The molecule has 1 aliphatic heterocycles. The number of aromatic nitrogens is 2. The van der Waals surface area contributed by atoms with Gasteiger partial charge in [0, 0.05) is 24.5 Å². The molecule has 1 N–H and O–H groups in total. The van der Waals surface area contributed by atoms with Gasteiger partial charge in [-0.1, -0.05) is 48.5 Å². The predicted molar refractivity (Wildman–Crippen MR) is 122 cm³/mol. The van der Waals surface area contributed by atoms with E-state index in [1.54, 1.807) is 0 Å². The van der Waals surface area contributed by atoms with Gasteiger partial charge in [0.2, 0.25) is 5.95 Å². The van der Waals surface area contributed by atoms with Crippen molar-refractivity contribution in [1.29, 1.82) is 0 Å². The molecule has 0 radical (unpaired) electrons. The fourth-order valence-corrected chi connectivity index (χ4v) is 4.18.